The predicted octanol–water partition coefficient (Wildman–Crippen LogP) is 1.73. The molecule has 0 aliphatic carbocycles. The average molecular weight is 249 g/mol. The molecule has 4 heteroatoms. The van der Waals surface area contributed by atoms with Gasteiger partial charge in [0, 0.05) is 30.8 Å². The number of nitrogens with zero attached hydrogens (tertiary/aromatic N) is 1. The molecule has 0 saturated carbocycles. The molecule has 0 N–H and O–H groups in total. The molecule has 0 aromatic heterocycles. The molecule has 4 nitrogen and oxygen atoms in total. The van der Waals surface area contributed by atoms with Gasteiger partial charge in [0.15, 0.2) is 5.78 Å². The minimum atomic E-state index is 0.0613. The van der Waals surface area contributed by atoms with Crippen LogP contribution in [0.25, 0.3) is 0 Å². The summed E-state index contributed by atoms with van der Waals surface area (Å²) in [5.41, 5.74) is 1.81. The third kappa shape index (κ3) is 3.09. The molecule has 1 aliphatic heterocycles. The Kier molecular flexibility index (Phi) is 4.33. The van der Waals surface area contributed by atoms with E-state index in [1.165, 1.54) is 0 Å². The van der Waals surface area contributed by atoms with E-state index >= 15 is 0 Å². The van der Waals surface area contributed by atoms with Gasteiger partial charge in [0.1, 0.15) is 5.75 Å². The Labute approximate surface area is 107 Å². The third-order valence-electron chi connectivity index (χ3n) is 3.19. The molecule has 1 aliphatic rings. The molecule has 0 amide bonds. The zero-order chi connectivity index (χ0) is 13.0. The molecule has 1 saturated heterocycles. The minimum absolute atomic E-state index is 0.0613. The summed E-state index contributed by atoms with van der Waals surface area (Å²) in [6.45, 7) is 5.86. The Balaban J connectivity index is 2.13. The second-order valence-corrected chi connectivity index (χ2v) is 4.47. The van der Waals surface area contributed by atoms with Gasteiger partial charge < -0.3 is 9.47 Å². The smallest absolute Gasteiger partial charge is 0.159 e. The number of ketones is 1. The molecule has 1 fully saturated rings. The lowest BCUT2D eigenvalue weighted by molar-refractivity contribution is 0.0339. The van der Waals surface area contributed by atoms with Crippen LogP contribution in [-0.4, -0.2) is 44.1 Å². The first-order valence-electron chi connectivity index (χ1n) is 6.18. The molecule has 2 rings (SSSR count). The van der Waals surface area contributed by atoms with Gasteiger partial charge in [-0.2, -0.15) is 0 Å². The highest BCUT2D eigenvalue weighted by Crippen LogP contribution is 2.22. The molecule has 18 heavy (non-hydrogen) atoms. The number of hydrogen-bond donors (Lipinski definition) is 0. The van der Waals surface area contributed by atoms with Gasteiger partial charge in [-0.1, -0.05) is 12.1 Å². The standard InChI is InChI=1S/C14H19NO3/c1-11(16)12-3-4-13(14(9-12)17-2)10-15-5-7-18-8-6-15/h3-4,9H,5-8,10H2,1-2H3. The molecule has 0 bridgehead atoms. The fourth-order valence-electron chi connectivity index (χ4n) is 2.09. The summed E-state index contributed by atoms with van der Waals surface area (Å²) in [7, 11) is 1.64. The number of methoxy groups -OCH3 is 1. The summed E-state index contributed by atoms with van der Waals surface area (Å²) in [5, 5.41) is 0. The minimum Gasteiger partial charge on any atom is -0.496 e. The molecule has 1 aromatic rings. The number of carbonyl (C=O) groups is 1. The molecule has 98 valence electrons. The van der Waals surface area contributed by atoms with Crippen molar-refractivity contribution in [3.63, 3.8) is 0 Å². The van der Waals surface area contributed by atoms with E-state index in [1.54, 1.807) is 14.0 Å². The van der Waals surface area contributed by atoms with Crippen molar-refractivity contribution >= 4 is 5.78 Å². The third-order valence-corrected chi connectivity index (χ3v) is 3.19. The highest BCUT2D eigenvalue weighted by Gasteiger charge is 2.14. The lowest BCUT2D eigenvalue weighted by atomic mass is 10.1. The summed E-state index contributed by atoms with van der Waals surface area (Å²) in [4.78, 5) is 13.7. The summed E-state index contributed by atoms with van der Waals surface area (Å²) >= 11 is 0. The van der Waals surface area contributed by atoms with E-state index < -0.39 is 0 Å². The number of ether oxygens (including phenoxy) is 2. The van der Waals surface area contributed by atoms with Gasteiger partial charge in [0.25, 0.3) is 0 Å². The van der Waals surface area contributed by atoms with Gasteiger partial charge in [-0.15, -0.1) is 0 Å². The normalized spacial score (nSPS) is 16.6. The summed E-state index contributed by atoms with van der Waals surface area (Å²) in [6.07, 6.45) is 0. The Hall–Kier alpha value is -1.39. The number of rotatable bonds is 4. The van der Waals surface area contributed by atoms with Crippen LogP contribution in [0.5, 0.6) is 5.75 Å². The Morgan fingerprint density at radius 2 is 2.11 bits per heavy atom. The summed E-state index contributed by atoms with van der Waals surface area (Å²) in [6, 6.07) is 5.66. The number of morpholine rings is 1. The van der Waals surface area contributed by atoms with E-state index in [4.69, 9.17) is 9.47 Å². The largest absolute Gasteiger partial charge is 0.496 e. The van der Waals surface area contributed by atoms with Gasteiger partial charge in [0.2, 0.25) is 0 Å². The van der Waals surface area contributed by atoms with E-state index in [-0.39, 0.29) is 5.78 Å². The zero-order valence-corrected chi connectivity index (χ0v) is 10.9. The molecule has 1 aromatic carbocycles. The fraction of sp³-hybridized carbons (Fsp3) is 0.500. The van der Waals surface area contributed by atoms with E-state index in [9.17, 15) is 4.79 Å². The maximum absolute atomic E-state index is 11.3. The summed E-state index contributed by atoms with van der Waals surface area (Å²) in [5.74, 6) is 0.848. The average Bonchev–Trinajstić information content (AvgIpc) is 2.40. The van der Waals surface area contributed by atoms with Crippen molar-refractivity contribution in [3.05, 3.63) is 29.3 Å². The molecule has 0 atom stereocenters. The number of carbonyl (C=O) groups excluding carboxylic acids is 1. The van der Waals surface area contributed by atoms with E-state index in [1.807, 2.05) is 18.2 Å². The number of hydrogen-bond acceptors (Lipinski definition) is 4. The van der Waals surface area contributed by atoms with Gasteiger partial charge in [-0.3, -0.25) is 9.69 Å². The SMILES string of the molecule is COc1cc(C(C)=O)ccc1CN1CCOCC1. The maximum atomic E-state index is 11.3. The molecule has 1 heterocycles. The van der Waals surface area contributed by atoms with Gasteiger partial charge >= 0.3 is 0 Å². The van der Waals surface area contributed by atoms with Gasteiger partial charge in [-0.25, -0.2) is 0 Å². The topological polar surface area (TPSA) is 38.8 Å². The quantitative estimate of drug-likeness (QED) is 0.762. The zero-order valence-electron chi connectivity index (χ0n) is 10.9. The van der Waals surface area contributed by atoms with Crippen LogP contribution >= 0.6 is 0 Å². The highest BCUT2D eigenvalue weighted by atomic mass is 16.5. The number of benzene rings is 1. The molecular formula is C14H19NO3. The Bertz CT molecular complexity index is 425. The van der Waals surface area contributed by atoms with Crippen LogP contribution in [0.1, 0.15) is 22.8 Å². The first-order chi connectivity index (χ1) is 8.70. The van der Waals surface area contributed by atoms with Crippen LogP contribution < -0.4 is 4.74 Å². The van der Waals surface area contributed by atoms with Gasteiger partial charge in [0.05, 0.1) is 20.3 Å². The van der Waals surface area contributed by atoms with E-state index in [2.05, 4.69) is 4.90 Å². The first-order valence-corrected chi connectivity index (χ1v) is 6.18. The molecular weight excluding hydrogens is 230 g/mol. The van der Waals surface area contributed by atoms with Crippen LogP contribution in [-0.2, 0) is 11.3 Å². The Morgan fingerprint density at radius 1 is 1.39 bits per heavy atom. The molecule has 0 spiro atoms. The number of Topliss-reactive ketones (excluding diaryl/α,β-unsaturated/α-hetero) is 1. The van der Waals surface area contributed by atoms with E-state index in [0.29, 0.717) is 5.56 Å². The van der Waals surface area contributed by atoms with Crippen LogP contribution in [0, 0.1) is 0 Å². The van der Waals surface area contributed by atoms with Crippen LogP contribution in [0.4, 0.5) is 0 Å². The van der Waals surface area contributed by atoms with Crippen molar-refractivity contribution in [2.24, 2.45) is 0 Å². The lowest BCUT2D eigenvalue weighted by Crippen LogP contribution is -2.35. The second-order valence-electron chi connectivity index (χ2n) is 4.47. The summed E-state index contributed by atoms with van der Waals surface area (Å²) < 4.78 is 10.7. The van der Waals surface area contributed by atoms with E-state index in [0.717, 1.165) is 44.2 Å². The predicted molar refractivity (Wildman–Crippen MR) is 69.1 cm³/mol. The van der Waals surface area contributed by atoms with Crippen molar-refractivity contribution < 1.29 is 14.3 Å². The van der Waals surface area contributed by atoms with Crippen molar-refractivity contribution in [1.29, 1.82) is 0 Å². The maximum Gasteiger partial charge on any atom is 0.159 e. The van der Waals surface area contributed by atoms with Crippen LogP contribution in [0.15, 0.2) is 18.2 Å². The first kappa shape index (κ1) is 13.1. The van der Waals surface area contributed by atoms with Crippen LogP contribution in [0.2, 0.25) is 0 Å². The fourth-order valence-corrected chi connectivity index (χ4v) is 2.09. The van der Waals surface area contributed by atoms with Gasteiger partial charge in [-0.05, 0) is 13.0 Å². The molecule has 0 radical (unpaired) electrons. The highest BCUT2D eigenvalue weighted by molar-refractivity contribution is 5.94. The second kappa shape index (κ2) is 5.98. The van der Waals surface area contributed by atoms with Crippen molar-refractivity contribution in [2.75, 3.05) is 33.4 Å². The monoisotopic (exact) mass is 249 g/mol. The molecule has 0 unspecified atom stereocenters. The lowest BCUT2D eigenvalue weighted by Gasteiger charge is -2.27. The van der Waals surface area contributed by atoms with Crippen LogP contribution in [0.3, 0.4) is 0 Å². The van der Waals surface area contributed by atoms with Crippen molar-refractivity contribution in [1.82, 2.24) is 4.90 Å². The van der Waals surface area contributed by atoms with Crippen molar-refractivity contribution in [3.8, 4) is 5.75 Å². The Morgan fingerprint density at radius 3 is 2.72 bits per heavy atom. The van der Waals surface area contributed by atoms with Crippen molar-refractivity contribution in [2.45, 2.75) is 13.5 Å².